The molecule has 0 saturated carbocycles. The molecule has 0 spiro atoms. The van der Waals surface area contributed by atoms with E-state index in [4.69, 9.17) is 32.4 Å². The Morgan fingerprint density at radius 3 is 2.96 bits per heavy atom. The molecule has 0 radical (unpaired) electrons. The van der Waals surface area contributed by atoms with E-state index in [1.807, 2.05) is 23.6 Å². The van der Waals surface area contributed by atoms with Crippen LogP contribution in [-0.4, -0.2) is 34.4 Å². The Morgan fingerprint density at radius 1 is 1.44 bits per heavy atom. The van der Waals surface area contributed by atoms with Gasteiger partial charge in [0.2, 0.25) is 5.95 Å². The number of halogens is 1. The molecule has 1 unspecified atom stereocenters. The van der Waals surface area contributed by atoms with Crippen molar-refractivity contribution >= 4 is 39.0 Å². The zero-order valence-corrected chi connectivity index (χ0v) is 16.1. The molecule has 8 heteroatoms. The van der Waals surface area contributed by atoms with Gasteiger partial charge in [0.15, 0.2) is 0 Å². The number of ether oxygens (including phenoxy) is 1. The van der Waals surface area contributed by atoms with E-state index in [-0.39, 0.29) is 12.1 Å². The van der Waals surface area contributed by atoms with Crippen LogP contribution in [0.1, 0.15) is 18.4 Å². The number of nitrogens with two attached hydrogens (primary N) is 1. The molecular formula is C19H19ClN4O2S. The third-order valence-corrected chi connectivity index (χ3v) is 5.46. The Bertz CT molecular complexity index is 964. The molecule has 2 aromatic heterocycles. The second kappa shape index (κ2) is 9.11. The lowest BCUT2D eigenvalue weighted by atomic mass is 10.1. The Morgan fingerprint density at radius 2 is 2.30 bits per heavy atom. The summed E-state index contributed by atoms with van der Waals surface area (Å²) in [6.07, 6.45) is 3.64. The van der Waals surface area contributed by atoms with Crippen LogP contribution in [0.2, 0.25) is 5.02 Å². The van der Waals surface area contributed by atoms with Gasteiger partial charge < -0.3 is 15.6 Å². The van der Waals surface area contributed by atoms with Crippen molar-refractivity contribution in [2.75, 3.05) is 18.9 Å². The average molecular weight is 403 g/mol. The Labute approximate surface area is 166 Å². The van der Waals surface area contributed by atoms with Gasteiger partial charge in [-0.2, -0.15) is 5.26 Å². The number of fused-ring (bicyclic) bond motifs is 1. The number of aliphatic hydroxyl groups excluding tert-OH is 1. The predicted octanol–water partition coefficient (Wildman–Crippen LogP) is 3.82. The first-order valence-corrected chi connectivity index (χ1v) is 9.76. The van der Waals surface area contributed by atoms with Crippen LogP contribution in [0.25, 0.3) is 21.3 Å². The van der Waals surface area contributed by atoms with Gasteiger partial charge in [0.1, 0.15) is 0 Å². The first-order valence-electron chi connectivity index (χ1n) is 8.50. The molecule has 140 valence electrons. The molecule has 27 heavy (non-hydrogen) atoms. The van der Waals surface area contributed by atoms with E-state index in [0.29, 0.717) is 23.7 Å². The average Bonchev–Trinajstić information content (AvgIpc) is 3.08. The Balaban J connectivity index is 0.000000253. The van der Waals surface area contributed by atoms with Crippen LogP contribution in [0.3, 0.4) is 0 Å². The van der Waals surface area contributed by atoms with Crippen LogP contribution in [-0.2, 0) is 11.2 Å². The highest BCUT2D eigenvalue weighted by atomic mass is 35.5. The molecule has 0 bridgehead atoms. The van der Waals surface area contributed by atoms with Crippen molar-refractivity contribution in [1.29, 1.82) is 5.26 Å². The van der Waals surface area contributed by atoms with Gasteiger partial charge in [-0.3, -0.25) is 0 Å². The lowest BCUT2D eigenvalue weighted by Gasteiger charge is -2.15. The monoisotopic (exact) mass is 402 g/mol. The van der Waals surface area contributed by atoms with E-state index >= 15 is 0 Å². The summed E-state index contributed by atoms with van der Waals surface area (Å²) in [5.74, 6) is 0.190. The van der Waals surface area contributed by atoms with Crippen molar-refractivity contribution in [2.24, 2.45) is 0 Å². The van der Waals surface area contributed by atoms with Crippen LogP contribution < -0.4 is 5.73 Å². The van der Waals surface area contributed by atoms with Crippen LogP contribution in [0.5, 0.6) is 0 Å². The number of anilines is 1. The number of rotatable bonds is 2. The summed E-state index contributed by atoms with van der Waals surface area (Å²) in [5.41, 5.74) is 8.20. The first kappa shape index (κ1) is 19.5. The van der Waals surface area contributed by atoms with Crippen molar-refractivity contribution in [3.63, 3.8) is 0 Å². The van der Waals surface area contributed by atoms with E-state index in [1.54, 1.807) is 11.3 Å². The number of aromatic nitrogens is 2. The number of nitrogens with zero attached hydrogens (tertiary/aromatic N) is 3. The zero-order chi connectivity index (χ0) is 19.2. The second-order valence-electron chi connectivity index (χ2n) is 6.07. The minimum atomic E-state index is -0.186. The smallest absolute Gasteiger partial charge is 0.220 e. The molecular weight excluding hydrogens is 384 g/mol. The highest BCUT2D eigenvalue weighted by Gasteiger charge is 2.13. The van der Waals surface area contributed by atoms with Crippen LogP contribution >= 0.6 is 22.9 Å². The van der Waals surface area contributed by atoms with Gasteiger partial charge in [-0.1, -0.05) is 29.8 Å². The van der Waals surface area contributed by atoms with Gasteiger partial charge in [0.25, 0.3) is 0 Å². The zero-order valence-electron chi connectivity index (χ0n) is 14.6. The number of benzene rings is 1. The largest absolute Gasteiger partial charge is 0.391 e. The molecule has 1 atom stereocenters. The minimum absolute atomic E-state index is 0.186. The lowest BCUT2D eigenvalue weighted by Crippen LogP contribution is -2.21. The number of hydrogen-bond donors (Lipinski definition) is 2. The summed E-state index contributed by atoms with van der Waals surface area (Å²) in [5, 5.41) is 21.2. The standard InChI is InChI=1S/C14H9ClN4S.C5H10O2/c15-11-6-18-14(17)19-12(11)10-3-1-2-9-8(4-5-16)7-20-13(9)10;6-5-2-1-3-7-4-5/h1-3,6-7H,4H2,(H2,17,18,19);5-6H,1-4H2. The summed E-state index contributed by atoms with van der Waals surface area (Å²) in [4.78, 5) is 8.10. The van der Waals surface area contributed by atoms with Crippen molar-refractivity contribution < 1.29 is 9.84 Å². The maximum atomic E-state index is 8.86. The normalized spacial score (nSPS) is 16.4. The number of thiophene rings is 1. The first-order chi connectivity index (χ1) is 13.1. The molecule has 1 aliphatic heterocycles. The van der Waals surface area contributed by atoms with E-state index in [9.17, 15) is 0 Å². The third kappa shape index (κ3) is 4.73. The highest BCUT2D eigenvalue weighted by Crippen LogP contribution is 2.37. The van der Waals surface area contributed by atoms with Crippen molar-refractivity contribution in [1.82, 2.24) is 9.97 Å². The van der Waals surface area contributed by atoms with Gasteiger partial charge >= 0.3 is 0 Å². The number of nitriles is 1. The van der Waals surface area contributed by atoms with Crippen LogP contribution in [0.15, 0.2) is 29.8 Å². The van der Waals surface area contributed by atoms with Gasteiger partial charge in [-0.05, 0) is 29.2 Å². The van der Waals surface area contributed by atoms with Gasteiger partial charge in [-0.15, -0.1) is 11.3 Å². The third-order valence-electron chi connectivity index (χ3n) is 4.10. The molecule has 3 aromatic rings. The van der Waals surface area contributed by atoms with E-state index in [2.05, 4.69) is 16.0 Å². The Kier molecular flexibility index (Phi) is 6.58. The fourth-order valence-corrected chi connectivity index (χ4v) is 4.09. The number of nitrogen functional groups attached to an aromatic ring is 1. The number of aliphatic hydroxyl groups is 1. The van der Waals surface area contributed by atoms with Crippen LogP contribution in [0.4, 0.5) is 5.95 Å². The molecule has 0 aliphatic carbocycles. The molecule has 1 saturated heterocycles. The van der Waals surface area contributed by atoms with Gasteiger partial charge in [0.05, 0.1) is 42.1 Å². The maximum absolute atomic E-state index is 8.86. The summed E-state index contributed by atoms with van der Waals surface area (Å²) < 4.78 is 5.99. The van der Waals surface area contributed by atoms with Gasteiger partial charge in [-0.25, -0.2) is 9.97 Å². The topological polar surface area (TPSA) is 105 Å². The maximum Gasteiger partial charge on any atom is 0.220 e. The summed E-state index contributed by atoms with van der Waals surface area (Å²) >= 11 is 7.75. The van der Waals surface area contributed by atoms with E-state index < -0.39 is 0 Å². The molecule has 4 rings (SSSR count). The second-order valence-corrected chi connectivity index (χ2v) is 7.36. The fourth-order valence-electron chi connectivity index (χ4n) is 2.81. The predicted molar refractivity (Wildman–Crippen MR) is 108 cm³/mol. The summed E-state index contributed by atoms with van der Waals surface area (Å²) in [7, 11) is 0. The number of hydrogen-bond acceptors (Lipinski definition) is 7. The summed E-state index contributed by atoms with van der Waals surface area (Å²) in [6.45, 7) is 1.37. The van der Waals surface area contributed by atoms with E-state index in [1.165, 1.54) is 6.20 Å². The van der Waals surface area contributed by atoms with Gasteiger partial charge in [0, 0.05) is 16.9 Å². The fraction of sp³-hybridized carbons (Fsp3) is 0.316. The molecule has 3 N–H and O–H groups in total. The molecule has 1 aromatic carbocycles. The summed E-state index contributed by atoms with van der Waals surface area (Å²) in [6, 6.07) is 8.05. The van der Waals surface area contributed by atoms with Crippen LogP contribution in [0, 0.1) is 11.3 Å². The van der Waals surface area contributed by atoms with E-state index in [0.717, 1.165) is 40.7 Å². The molecule has 1 fully saturated rings. The SMILES string of the molecule is N#CCc1csc2c(-c3nc(N)ncc3Cl)cccc12.OC1CCCOC1. The molecule has 1 aliphatic rings. The molecule has 6 nitrogen and oxygen atoms in total. The molecule has 0 amide bonds. The quantitative estimate of drug-likeness (QED) is 0.675. The highest BCUT2D eigenvalue weighted by molar-refractivity contribution is 7.18. The Hall–Kier alpha value is -2.24. The molecule has 3 heterocycles. The minimum Gasteiger partial charge on any atom is -0.391 e. The van der Waals surface area contributed by atoms with Crippen molar-refractivity contribution in [3.8, 4) is 17.3 Å². The lowest BCUT2D eigenvalue weighted by molar-refractivity contribution is -0.00535. The van der Waals surface area contributed by atoms with Crippen molar-refractivity contribution in [2.45, 2.75) is 25.4 Å². The van der Waals surface area contributed by atoms with Crippen molar-refractivity contribution in [3.05, 3.63) is 40.4 Å².